The fraction of sp³-hybridized carbons (Fsp3) is 0.333. The van der Waals surface area contributed by atoms with Crippen molar-refractivity contribution in [2.75, 3.05) is 11.9 Å². The molecule has 0 fully saturated rings. The zero-order valence-corrected chi connectivity index (χ0v) is 11.4. The Morgan fingerprint density at radius 3 is 2.63 bits per heavy atom. The molecule has 4 nitrogen and oxygen atoms in total. The van der Waals surface area contributed by atoms with Gasteiger partial charge in [0.1, 0.15) is 11.6 Å². The summed E-state index contributed by atoms with van der Waals surface area (Å²) in [5.41, 5.74) is 1.89. The minimum atomic E-state index is -0.393. The van der Waals surface area contributed by atoms with Gasteiger partial charge in [0.2, 0.25) is 0 Å². The average molecular weight is 257 g/mol. The van der Waals surface area contributed by atoms with Gasteiger partial charge in [0.05, 0.1) is 0 Å². The van der Waals surface area contributed by atoms with Gasteiger partial charge in [0, 0.05) is 18.4 Å². The Bertz CT molecular complexity index is 483. The second-order valence-electron chi connectivity index (χ2n) is 4.30. The van der Waals surface area contributed by atoms with Crippen molar-refractivity contribution in [3.63, 3.8) is 0 Å². The van der Waals surface area contributed by atoms with Crippen LogP contribution < -0.4 is 10.6 Å². The maximum Gasteiger partial charge on any atom is 0.267 e. The fourth-order valence-corrected chi connectivity index (χ4v) is 1.44. The molecule has 0 saturated carbocycles. The summed E-state index contributed by atoms with van der Waals surface area (Å²) in [5.74, 6) is -0.393. The number of nitrogens with one attached hydrogen (secondary N) is 2. The molecule has 0 saturated heterocycles. The summed E-state index contributed by atoms with van der Waals surface area (Å²) in [6.07, 6.45) is 3.55. The number of unbranched alkanes of at least 4 members (excludes halogenated alkanes) is 1. The first-order valence-electron chi connectivity index (χ1n) is 6.39. The predicted octanol–water partition coefficient (Wildman–Crippen LogP) is 2.73. The van der Waals surface area contributed by atoms with Gasteiger partial charge in [-0.1, -0.05) is 31.0 Å². The van der Waals surface area contributed by atoms with Gasteiger partial charge in [-0.05, 0) is 25.5 Å². The number of hydrogen-bond donors (Lipinski definition) is 2. The summed E-state index contributed by atoms with van der Waals surface area (Å²) >= 11 is 0. The van der Waals surface area contributed by atoms with Crippen LogP contribution in [0.3, 0.4) is 0 Å². The zero-order chi connectivity index (χ0) is 14.1. The molecule has 0 unspecified atom stereocenters. The first-order chi connectivity index (χ1) is 9.17. The van der Waals surface area contributed by atoms with E-state index in [4.69, 9.17) is 5.26 Å². The van der Waals surface area contributed by atoms with Crippen LogP contribution in [0.15, 0.2) is 36.0 Å². The summed E-state index contributed by atoms with van der Waals surface area (Å²) in [7, 11) is 0. The van der Waals surface area contributed by atoms with Crippen molar-refractivity contribution in [2.24, 2.45) is 0 Å². The highest BCUT2D eigenvalue weighted by atomic mass is 16.1. The third-order valence-electron chi connectivity index (χ3n) is 2.60. The molecule has 2 N–H and O–H groups in total. The van der Waals surface area contributed by atoms with Gasteiger partial charge in [0.15, 0.2) is 0 Å². The Hall–Kier alpha value is -2.28. The number of carbonyl (C=O) groups excluding carboxylic acids is 1. The van der Waals surface area contributed by atoms with Gasteiger partial charge in [0.25, 0.3) is 5.91 Å². The highest BCUT2D eigenvalue weighted by Crippen LogP contribution is 2.09. The van der Waals surface area contributed by atoms with Crippen LogP contribution in [-0.2, 0) is 4.79 Å². The summed E-state index contributed by atoms with van der Waals surface area (Å²) in [6.45, 7) is 4.82. The lowest BCUT2D eigenvalue weighted by Crippen LogP contribution is -2.17. The molecule has 0 aliphatic heterocycles. The molecule has 4 heteroatoms. The lowest BCUT2D eigenvalue weighted by molar-refractivity contribution is -0.112. The van der Waals surface area contributed by atoms with Gasteiger partial charge >= 0.3 is 0 Å². The number of anilines is 1. The van der Waals surface area contributed by atoms with Crippen LogP contribution in [0.5, 0.6) is 0 Å². The number of rotatable bonds is 6. The van der Waals surface area contributed by atoms with Crippen molar-refractivity contribution in [3.8, 4) is 6.07 Å². The van der Waals surface area contributed by atoms with Crippen molar-refractivity contribution in [1.82, 2.24) is 5.32 Å². The van der Waals surface area contributed by atoms with Gasteiger partial charge in [-0.3, -0.25) is 4.79 Å². The molecule has 1 aromatic rings. The fourth-order valence-electron chi connectivity index (χ4n) is 1.44. The largest absolute Gasteiger partial charge is 0.390 e. The first kappa shape index (κ1) is 14.8. The summed E-state index contributed by atoms with van der Waals surface area (Å²) in [6, 6.07) is 9.34. The van der Waals surface area contributed by atoms with Crippen LogP contribution in [0.1, 0.15) is 25.3 Å². The summed E-state index contributed by atoms with van der Waals surface area (Å²) < 4.78 is 0. The lowest BCUT2D eigenvalue weighted by Gasteiger charge is -2.05. The molecule has 100 valence electrons. The van der Waals surface area contributed by atoms with Gasteiger partial charge in [-0.25, -0.2) is 0 Å². The predicted molar refractivity (Wildman–Crippen MR) is 76.4 cm³/mol. The summed E-state index contributed by atoms with van der Waals surface area (Å²) in [4.78, 5) is 11.9. The van der Waals surface area contributed by atoms with E-state index in [0.717, 1.165) is 24.9 Å². The molecule has 0 heterocycles. The molecule has 1 rings (SSSR count). The van der Waals surface area contributed by atoms with E-state index in [9.17, 15) is 4.79 Å². The second kappa shape index (κ2) is 7.93. The van der Waals surface area contributed by atoms with Crippen LogP contribution >= 0.6 is 0 Å². The van der Waals surface area contributed by atoms with E-state index in [-0.39, 0.29) is 5.57 Å². The van der Waals surface area contributed by atoms with E-state index >= 15 is 0 Å². The Morgan fingerprint density at radius 2 is 2.05 bits per heavy atom. The standard InChI is InChI=1S/C15H19N3O/c1-3-4-9-17-11-13(10-16)15(19)18-14-7-5-12(2)6-8-14/h5-8,11,17H,3-4,9H2,1-2H3,(H,18,19)/b13-11-. The Labute approximate surface area is 114 Å². The summed E-state index contributed by atoms with van der Waals surface area (Å²) in [5, 5.41) is 14.6. The van der Waals surface area contributed by atoms with Crippen LogP contribution in [-0.4, -0.2) is 12.5 Å². The SMILES string of the molecule is CCCCN/C=C(/C#N)C(=O)Nc1ccc(C)cc1. The first-order valence-corrected chi connectivity index (χ1v) is 6.39. The number of nitriles is 1. The van der Waals surface area contributed by atoms with E-state index < -0.39 is 5.91 Å². The van der Waals surface area contributed by atoms with Gasteiger partial charge in [-0.15, -0.1) is 0 Å². The number of carbonyl (C=O) groups is 1. The number of aryl methyl sites for hydroxylation is 1. The minimum absolute atomic E-state index is 0.0803. The molecule has 1 aromatic carbocycles. The van der Waals surface area contributed by atoms with E-state index in [2.05, 4.69) is 17.6 Å². The Kier molecular flexibility index (Phi) is 6.17. The minimum Gasteiger partial charge on any atom is -0.390 e. The van der Waals surface area contributed by atoms with E-state index in [1.165, 1.54) is 6.20 Å². The Morgan fingerprint density at radius 1 is 1.37 bits per heavy atom. The number of nitrogens with zero attached hydrogens (tertiary/aromatic N) is 1. The molecule has 1 amide bonds. The number of amides is 1. The molecule has 0 radical (unpaired) electrons. The molecule has 0 aromatic heterocycles. The van der Waals surface area contributed by atoms with Crippen LogP contribution in [0.25, 0.3) is 0 Å². The lowest BCUT2D eigenvalue weighted by atomic mass is 10.2. The van der Waals surface area contributed by atoms with Crippen molar-refractivity contribution in [2.45, 2.75) is 26.7 Å². The van der Waals surface area contributed by atoms with Crippen molar-refractivity contribution >= 4 is 11.6 Å². The molecular formula is C15H19N3O. The number of hydrogen-bond acceptors (Lipinski definition) is 3. The van der Waals surface area contributed by atoms with E-state index in [1.807, 2.05) is 37.3 Å². The molecule has 0 atom stereocenters. The molecular weight excluding hydrogens is 238 g/mol. The van der Waals surface area contributed by atoms with Gasteiger partial charge in [-0.2, -0.15) is 5.26 Å². The van der Waals surface area contributed by atoms with Crippen LogP contribution in [0, 0.1) is 18.3 Å². The highest BCUT2D eigenvalue weighted by molar-refractivity contribution is 6.06. The van der Waals surface area contributed by atoms with Crippen LogP contribution in [0.2, 0.25) is 0 Å². The zero-order valence-electron chi connectivity index (χ0n) is 11.4. The van der Waals surface area contributed by atoms with Crippen molar-refractivity contribution in [1.29, 1.82) is 5.26 Å². The Balaban J connectivity index is 2.59. The molecule has 0 spiro atoms. The van der Waals surface area contributed by atoms with E-state index in [1.54, 1.807) is 0 Å². The van der Waals surface area contributed by atoms with Crippen molar-refractivity contribution < 1.29 is 4.79 Å². The van der Waals surface area contributed by atoms with Crippen LogP contribution in [0.4, 0.5) is 5.69 Å². The third-order valence-corrected chi connectivity index (χ3v) is 2.60. The normalized spacial score (nSPS) is 10.7. The van der Waals surface area contributed by atoms with Crippen molar-refractivity contribution in [3.05, 3.63) is 41.6 Å². The molecule has 0 aliphatic rings. The third kappa shape index (κ3) is 5.26. The molecule has 0 bridgehead atoms. The molecule has 0 aliphatic carbocycles. The topological polar surface area (TPSA) is 64.9 Å². The highest BCUT2D eigenvalue weighted by Gasteiger charge is 2.08. The average Bonchev–Trinajstić information content (AvgIpc) is 2.41. The second-order valence-corrected chi connectivity index (χ2v) is 4.30. The van der Waals surface area contributed by atoms with Gasteiger partial charge < -0.3 is 10.6 Å². The maximum atomic E-state index is 11.9. The smallest absolute Gasteiger partial charge is 0.267 e. The molecule has 19 heavy (non-hydrogen) atoms. The quantitative estimate of drug-likeness (QED) is 0.468. The van der Waals surface area contributed by atoms with E-state index in [0.29, 0.717) is 5.69 Å². The number of benzene rings is 1. The monoisotopic (exact) mass is 257 g/mol. The maximum absolute atomic E-state index is 11.9.